The van der Waals surface area contributed by atoms with Crippen molar-refractivity contribution >= 4 is 40.5 Å². The number of fused-ring (bicyclic) bond motifs is 1. The zero-order chi connectivity index (χ0) is 17.8. The van der Waals surface area contributed by atoms with Crippen LogP contribution in [0.1, 0.15) is 17.5 Å². The van der Waals surface area contributed by atoms with Gasteiger partial charge in [-0.25, -0.2) is 0 Å². The Hall–Kier alpha value is -1.88. The maximum Gasteiger partial charge on any atom is 0.221 e. The number of carbonyl (C=O) groups is 1. The van der Waals surface area contributed by atoms with Gasteiger partial charge in [-0.05, 0) is 35.7 Å². The molecule has 1 amide bonds. The summed E-state index contributed by atoms with van der Waals surface area (Å²) in [7, 11) is 0. The van der Waals surface area contributed by atoms with Gasteiger partial charge in [0.2, 0.25) is 5.91 Å². The van der Waals surface area contributed by atoms with Gasteiger partial charge in [-0.15, -0.1) is 0 Å². The fraction of sp³-hybridized carbons (Fsp3) is 0.263. The fourth-order valence-electron chi connectivity index (χ4n) is 2.85. The predicted molar refractivity (Wildman–Crippen MR) is 103 cm³/mol. The molecule has 130 valence electrons. The van der Waals surface area contributed by atoms with Crippen LogP contribution in [0.2, 0.25) is 10.0 Å². The molecular weight excluding hydrogens is 357 g/mol. The van der Waals surface area contributed by atoms with Crippen LogP contribution in [0.25, 0.3) is 0 Å². The third kappa shape index (κ3) is 4.82. The lowest BCUT2D eigenvalue weighted by Gasteiger charge is -2.13. The summed E-state index contributed by atoms with van der Waals surface area (Å²) in [4.78, 5) is 16.6. The van der Waals surface area contributed by atoms with E-state index in [9.17, 15) is 4.79 Å². The van der Waals surface area contributed by atoms with Crippen molar-refractivity contribution < 1.29 is 4.79 Å². The van der Waals surface area contributed by atoms with E-state index in [0.717, 1.165) is 23.4 Å². The maximum absolute atomic E-state index is 12.1. The molecule has 0 fully saturated rings. The third-order valence-electron chi connectivity index (χ3n) is 4.10. The van der Waals surface area contributed by atoms with Crippen molar-refractivity contribution in [2.24, 2.45) is 10.7 Å². The minimum absolute atomic E-state index is 0.0868. The number of nitrogens with one attached hydrogen (secondary N) is 1. The maximum atomic E-state index is 12.1. The van der Waals surface area contributed by atoms with Crippen LogP contribution in [-0.2, 0) is 17.6 Å². The van der Waals surface area contributed by atoms with E-state index in [1.54, 1.807) is 12.1 Å². The molecule has 0 aliphatic carbocycles. The first kappa shape index (κ1) is 17.9. The van der Waals surface area contributed by atoms with Crippen molar-refractivity contribution in [1.29, 1.82) is 0 Å². The van der Waals surface area contributed by atoms with E-state index in [4.69, 9.17) is 28.9 Å². The van der Waals surface area contributed by atoms with E-state index in [2.05, 4.69) is 16.4 Å². The molecule has 2 aromatic rings. The van der Waals surface area contributed by atoms with E-state index in [1.807, 2.05) is 24.3 Å². The quantitative estimate of drug-likeness (QED) is 0.807. The van der Waals surface area contributed by atoms with Gasteiger partial charge in [0.1, 0.15) is 0 Å². The van der Waals surface area contributed by atoms with Crippen molar-refractivity contribution in [3.05, 3.63) is 63.6 Å². The van der Waals surface area contributed by atoms with Gasteiger partial charge < -0.3 is 11.1 Å². The number of halogens is 2. The van der Waals surface area contributed by atoms with Gasteiger partial charge in [0.25, 0.3) is 0 Å². The highest BCUT2D eigenvalue weighted by atomic mass is 35.5. The number of rotatable bonds is 6. The number of benzene rings is 2. The van der Waals surface area contributed by atoms with Crippen molar-refractivity contribution in [1.82, 2.24) is 5.32 Å². The molecule has 0 aromatic heterocycles. The van der Waals surface area contributed by atoms with Crippen LogP contribution in [0, 0.1) is 0 Å². The van der Waals surface area contributed by atoms with Gasteiger partial charge in [-0.3, -0.25) is 9.79 Å². The van der Waals surface area contributed by atoms with E-state index < -0.39 is 0 Å². The smallest absolute Gasteiger partial charge is 0.221 e. The second-order valence-electron chi connectivity index (χ2n) is 6.16. The average molecular weight is 376 g/mol. The highest BCUT2D eigenvalue weighted by molar-refractivity contribution is 6.35. The Morgan fingerprint density at radius 2 is 2.04 bits per heavy atom. The molecule has 0 bridgehead atoms. The summed E-state index contributed by atoms with van der Waals surface area (Å²) >= 11 is 12.0. The summed E-state index contributed by atoms with van der Waals surface area (Å²) in [5.41, 5.74) is 10.1. The Kier molecular flexibility index (Phi) is 5.74. The molecule has 0 unspecified atom stereocenters. The Bertz CT molecular complexity index is 820. The molecule has 0 radical (unpaired) electrons. The average Bonchev–Trinajstić information content (AvgIpc) is 2.98. The molecule has 0 saturated heterocycles. The van der Waals surface area contributed by atoms with Crippen molar-refractivity contribution in [2.45, 2.75) is 25.3 Å². The fourth-order valence-corrected chi connectivity index (χ4v) is 3.34. The van der Waals surface area contributed by atoms with Crippen LogP contribution in [0.4, 0.5) is 5.69 Å². The number of aliphatic imine (C=N–C) groups is 1. The third-order valence-corrected chi connectivity index (χ3v) is 4.69. The van der Waals surface area contributed by atoms with Crippen LogP contribution in [-0.4, -0.2) is 24.2 Å². The molecule has 2 aromatic carbocycles. The summed E-state index contributed by atoms with van der Waals surface area (Å²) in [6.07, 6.45) is 1.54. The zero-order valence-corrected chi connectivity index (χ0v) is 15.1. The molecule has 0 spiro atoms. The minimum Gasteiger partial charge on any atom is -0.351 e. The number of hydrogen-bond donors (Lipinski definition) is 2. The Morgan fingerprint density at radius 1 is 1.24 bits per heavy atom. The van der Waals surface area contributed by atoms with Crippen molar-refractivity contribution in [3.8, 4) is 0 Å². The standard InChI is InChI=1S/C19H19Cl2N3O/c20-14-6-5-12(17(21)9-14)7-15(22)10-19(25)23-11-16-8-13-3-1-2-4-18(13)24-16/h1-6,9,15H,7-8,10-11,22H2,(H,23,25)/t15-/m1/s1. The van der Waals surface area contributed by atoms with Crippen LogP contribution >= 0.6 is 23.2 Å². The Labute approximate surface area is 157 Å². The number of para-hydroxylation sites is 1. The largest absolute Gasteiger partial charge is 0.351 e. The number of hydrogen-bond acceptors (Lipinski definition) is 3. The molecular formula is C19H19Cl2N3O. The van der Waals surface area contributed by atoms with Gasteiger partial charge in [-0.2, -0.15) is 0 Å². The number of nitrogens with two attached hydrogens (primary N) is 1. The summed E-state index contributed by atoms with van der Waals surface area (Å²) in [5, 5.41) is 4.05. The van der Waals surface area contributed by atoms with Gasteiger partial charge in [-0.1, -0.05) is 47.5 Å². The van der Waals surface area contributed by atoms with Gasteiger partial charge in [0.15, 0.2) is 0 Å². The summed E-state index contributed by atoms with van der Waals surface area (Å²) < 4.78 is 0. The monoisotopic (exact) mass is 375 g/mol. The first-order valence-electron chi connectivity index (χ1n) is 8.12. The second-order valence-corrected chi connectivity index (χ2v) is 7.01. The van der Waals surface area contributed by atoms with Gasteiger partial charge >= 0.3 is 0 Å². The molecule has 4 nitrogen and oxygen atoms in total. The second kappa shape index (κ2) is 8.00. The number of carbonyl (C=O) groups excluding carboxylic acids is 1. The Morgan fingerprint density at radius 3 is 2.80 bits per heavy atom. The lowest BCUT2D eigenvalue weighted by Crippen LogP contribution is -2.35. The zero-order valence-electron chi connectivity index (χ0n) is 13.6. The first-order valence-corrected chi connectivity index (χ1v) is 8.87. The lowest BCUT2D eigenvalue weighted by atomic mass is 10.0. The normalized spacial score (nSPS) is 14.0. The highest BCUT2D eigenvalue weighted by Gasteiger charge is 2.16. The molecule has 1 heterocycles. The summed E-state index contributed by atoms with van der Waals surface area (Å²) in [5.74, 6) is -0.0868. The van der Waals surface area contributed by atoms with Crippen LogP contribution in [0.5, 0.6) is 0 Å². The lowest BCUT2D eigenvalue weighted by molar-refractivity contribution is -0.121. The van der Waals surface area contributed by atoms with E-state index >= 15 is 0 Å². The number of amides is 1. The molecule has 25 heavy (non-hydrogen) atoms. The molecule has 3 rings (SSSR count). The highest BCUT2D eigenvalue weighted by Crippen LogP contribution is 2.25. The van der Waals surface area contributed by atoms with Gasteiger partial charge in [0, 0.05) is 34.6 Å². The SMILES string of the molecule is N[C@@H](CC(=O)NCC1=Nc2ccccc2C1)Cc1ccc(Cl)cc1Cl. The predicted octanol–water partition coefficient (Wildman–Crippen LogP) is 3.70. The van der Waals surface area contributed by atoms with Crippen LogP contribution < -0.4 is 11.1 Å². The molecule has 3 N–H and O–H groups in total. The Balaban J connectivity index is 1.46. The molecule has 6 heteroatoms. The van der Waals surface area contributed by atoms with E-state index in [0.29, 0.717) is 23.0 Å². The summed E-state index contributed by atoms with van der Waals surface area (Å²) in [6.45, 7) is 0.446. The van der Waals surface area contributed by atoms with E-state index in [1.165, 1.54) is 5.56 Å². The van der Waals surface area contributed by atoms with Crippen LogP contribution in [0.15, 0.2) is 47.5 Å². The van der Waals surface area contributed by atoms with E-state index in [-0.39, 0.29) is 18.4 Å². The van der Waals surface area contributed by atoms with Crippen molar-refractivity contribution in [2.75, 3.05) is 6.54 Å². The summed E-state index contributed by atoms with van der Waals surface area (Å²) in [6, 6.07) is 13.0. The molecule has 0 saturated carbocycles. The molecule has 1 aliphatic rings. The van der Waals surface area contributed by atoms with Crippen LogP contribution in [0.3, 0.4) is 0 Å². The topological polar surface area (TPSA) is 67.5 Å². The molecule has 1 atom stereocenters. The van der Waals surface area contributed by atoms with Crippen molar-refractivity contribution in [3.63, 3.8) is 0 Å². The number of nitrogens with zero attached hydrogens (tertiary/aromatic N) is 1. The van der Waals surface area contributed by atoms with Gasteiger partial charge in [0.05, 0.1) is 12.2 Å². The first-order chi connectivity index (χ1) is 12.0. The molecule has 1 aliphatic heterocycles. The minimum atomic E-state index is -0.304.